The average molecular weight is 325 g/mol. The predicted molar refractivity (Wildman–Crippen MR) is 92.9 cm³/mol. The summed E-state index contributed by atoms with van der Waals surface area (Å²) in [5.41, 5.74) is 2.16. The summed E-state index contributed by atoms with van der Waals surface area (Å²) in [4.78, 5) is 13.1. The molecule has 5 heteroatoms. The topological polar surface area (TPSA) is 46.9 Å². The van der Waals surface area contributed by atoms with Gasteiger partial charge in [-0.1, -0.05) is 24.3 Å². The Labute approximate surface area is 139 Å². The number of nitrogens with zero attached hydrogens (tertiary/aromatic N) is 2. The van der Waals surface area contributed by atoms with E-state index in [1.165, 1.54) is 4.88 Å². The molecule has 2 heterocycles. The first-order chi connectivity index (χ1) is 11.3. The second-order valence-electron chi connectivity index (χ2n) is 5.31. The first-order valence-corrected chi connectivity index (χ1v) is 8.57. The SMILES string of the molecule is O=C(CCc1cccs1)NCCc1cnn(-c2ccccc2)c1. The molecule has 0 unspecified atom stereocenters. The van der Waals surface area contributed by atoms with Gasteiger partial charge in [0, 0.05) is 24.0 Å². The Morgan fingerprint density at radius 2 is 2.00 bits per heavy atom. The molecular weight excluding hydrogens is 306 g/mol. The van der Waals surface area contributed by atoms with Crippen molar-refractivity contribution in [3.63, 3.8) is 0 Å². The van der Waals surface area contributed by atoms with Gasteiger partial charge in [0.1, 0.15) is 0 Å². The molecule has 0 saturated heterocycles. The van der Waals surface area contributed by atoms with Crippen molar-refractivity contribution in [2.75, 3.05) is 6.54 Å². The molecule has 0 radical (unpaired) electrons. The molecule has 0 aliphatic rings. The van der Waals surface area contributed by atoms with Crippen LogP contribution in [0.2, 0.25) is 0 Å². The maximum atomic E-state index is 11.8. The zero-order valence-corrected chi connectivity index (χ0v) is 13.6. The maximum absolute atomic E-state index is 11.8. The molecule has 3 aromatic rings. The molecule has 23 heavy (non-hydrogen) atoms. The smallest absolute Gasteiger partial charge is 0.220 e. The molecule has 1 amide bonds. The van der Waals surface area contributed by atoms with E-state index in [2.05, 4.69) is 16.5 Å². The fourth-order valence-corrected chi connectivity index (χ4v) is 3.05. The highest BCUT2D eigenvalue weighted by atomic mass is 32.1. The highest BCUT2D eigenvalue weighted by Crippen LogP contribution is 2.11. The lowest BCUT2D eigenvalue weighted by Gasteiger charge is -2.03. The summed E-state index contributed by atoms with van der Waals surface area (Å²) in [6.07, 6.45) is 6.01. The van der Waals surface area contributed by atoms with E-state index in [1.54, 1.807) is 11.3 Å². The highest BCUT2D eigenvalue weighted by Gasteiger charge is 2.04. The highest BCUT2D eigenvalue weighted by molar-refractivity contribution is 7.09. The minimum atomic E-state index is 0.105. The van der Waals surface area contributed by atoms with Crippen LogP contribution in [0.15, 0.2) is 60.2 Å². The van der Waals surface area contributed by atoms with Gasteiger partial charge in [-0.3, -0.25) is 4.79 Å². The number of amides is 1. The fourth-order valence-electron chi connectivity index (χ4n) is 2.34. The Bertz CT molecular complexity index is 735. The summed E-state index contributed by atoms with van der Waals surface area (Å²) in [6, 6.07) is 14.1. The lowest BCUT2D eigenvalue weighted by Crippen LogP contribution is -2.25. The van der Waals surface area contributed by atoms with Gasteiger partial charge >= 0.3 is 0 Å². The quantitative estimate of drug-likeness (QED) is 0.725. The van der Waals surface area contributed by atoms with E-state index in [0.717, 1.165) is 24.1 Å². The molecule has 0 aliphatic heterocycles. The van der Waals surface area contributed by atoms with Gasteiger partial charge in [-0.05, 0) is 42.0 Å². The second-order valence-corrected chi connectivity index (χ2v) is 6.34. The van der Waals surface area contributed by atoms with Gasteiger partial charge < -0.3 is 5.32 Å². The van der Waals surface area contributed by atoms with Crippen molar-refractivity contribution < 1.29 is 4.79 Å². The zero-order chi connectivity index (χ0) is 15.9. The van der Waals surface area contributed by atoms with Crippen LogP contribution in [0.5, 0.6) is 0 Å². The number of benzene rings is 1. The number of aromatic nitrogens is 2. The van der Waals surface area contributed by atoms with E-state index < -0.39 is 0 Å². The molecular formula is C18H19N3OS. The summed E-state index contributed by atoms with van der Waals surface area (Å²) in [6.45, 7) is 0.643. The van der Waals surface area contributed by atoms with Crippen molar-refractivity contribution in [3.8, 4) is 5.69 Å². The van der Waals surface area contributed by atoms with Crippen molar-refractivity contribution in [2.45, 2.75) is 19.3 Å². The van der Waals surface area contributed by atoms with Crippen molar-refractivity contribution >= 4 is 17.2 Å². The number of para-hydroxylation sites is 1. The number of thiophene rings is 1. The molecule has 1 aromatic carbocycles. The summed E-state index contributed by atoms with van der Waals surface area (Å²) >= 11 is 1.70. The van der Waals surface area contributed by atoms with Crippen LogP contribution in [0.3, 0.4) is 0 Å². The lowest BCUT2D eigenvalue weighted by atomic mass is 10.2. The van der Waals surface area contributed by atoms with Crippen LogP contribution < -0.4 is 5.32 Å². The van der Waals surface area contributed by atoms with Gasteiger partial charge in [-0.2, -0.15) is 5.10 Å². The Hall–Kier alpha value is -2.40. The van der Waals surface area contributed by atoms with Crippen LogP contribution in [-0.2, 0) is 17.6 Å². The van der Waals surface area contributed by atoms with Crippen molar-refractivity contribution in [2.24, 2.45) is 0 Å². The fraction of sp³-hybridized carbons (Fsp3) is 0.222. The molecule has 0 bridgehead atoms. The summed E-state index contributed by atoms with van der Waals surface area (Å²) in [5.74, 6) is 0.105. The number of rotatable bonds is 7. The van der Waals surface area contributed by atoms with E-state index in [-0.39, 0.29) is 5.91 Å². The minimum absolute atomic E-state index is 0.105. The normalized spacial score (nSPS) is 10.6. The largest absolute Gasteiger partial charge is 0.356 e. The molecule has 0 aliphatic carbocycles. The third-order valence-corrected chi connectivity index (χ3v) is 4.51. The predicted octanol–water partition coefficient (Wildman–Crippen LogP) is 3.23. The third-order valence-electron chi connectivity index (χ3n) is 3.57. The number of aryl methyl sites for hydroxylation is 1. The van der Waals surface area contributed by atoms with Crippen molar-refractivity contribution in [3.05, 3.63) is 70.7 Å². The minimum Gasteiger partial charge on any atom is -0.356 e. The third kappa shape index (κ3) is 4.53. The lowest BCUT2D eigenvalue weighted by molar-refractivity contribution is -0.121. The standard InChI is InChI=1S/C18H19N3OS/c22-18(9-8-17-7-4-12-23-17)19-11-10-15-13-20-21(14-15)16-5-2-1-3-6-16/h1-7,12-14H,8-11H2,(H,19,22). The van der Waals surface area contributed by atoms with Crippen LogP contribution in [0.1, 0.15) is 16.9 Å². The van der Waals surface area contributed by atoms with Gasteiger partial charge in [0.25, 0.3) is 0 Å². The Balaban J connectivity index is 1.42. The monoisotopic (exact) mass is 325 g/mol. The molecule has 1 N–H and O–H groups in total. The molecule has 0 saturated carbocycles. The summed E-state index contributed by atoms with van der Waals surface area (Å²) in [7, 11) is 0. The van der Waals surface area contributed by atoms with Gasteiger partial charge in [0.05, 0.1) is 11.9 Å². The number of hydrogen-bond donors (Lipinski definition) is 1. The van der Waals surface area contributed by atoms with E-state index in [0.29, 0.717) is 13.0 Å². The Morgan fingerprint density at radius 3 is 2.78 bits per heavy atom. The van der Waals surface area contributed by atoms with E-state index in [1.807, 2.05) is 58.9 Å². The van der Waals surface area contributed by atoms with E-state index in [9.17, 15) is 4.79 Å². The van der Waals surface area contributed by atoms with Crippen LogP contribution in [0.25, 0.3) is 5.69 Å². The molecule has 0 atom stereocenters. The van der Waals surface area contributed by atoms with Crippen LogP contribution in [-0.4, -0.2) is 22.2 Å². The van der Waals surface area contributed by atoms with Gasteiger partial charge in [-0.15, -0.1) is 11.3 Å². The zero-order valence-electron chi connectivity index (χ0n) is 12.8. The first-order valence-electron chi connectivity index (χ1n) is 7.69. The second kappa shape index (κ2) is 7.74. The summed E-state index contributed by atoms with van der Waals surface area (Å²) < 4.78 is 1.86. The van der Waals surface area contributed by atoms with Gasteiger partial charge in [0.15, 0.2) is 0 Å². The van der Waals surface area contributed by atoms with Crippen molar-refractivity contribution in [1.29, 1.82) is 0 Å². The Morgan fingerprint density at radius 1 is 1.13 bits per heavy atom. The number of carbonyl (C=O) groups is 1. The van der Waals surface area contributed by atoms with Gasteiger partial charge in [-0.25, -0.2) is 4.68 Å². The summed E-state index contributed by atoms with van der Waals surface area (Å²) in [5, 5.41) is 9.37. The van der Waals surface area contributed by atoms with E-state index >= 15 is 0 Å². The molecule has 2 aromatic heterocycles. The molecule has 4 nitrogen and oxygen atoms in total. The number of carbonyl (C=O) groups excluding carboxylic acids is 1. The van der Waals surface area contributed by atoms with Crippen LogP contribution >= 0.6 is 11.3 Å². The molecule has 0 spiro atoms. The Kier molecular flexibility index (Phi) is 5.21. The van der Waals surface area contributed by atoms with Crippen LogP contribution in [0, 0.1) is 0 Å². The van der Waals surface area contributed by atoms with Crippen molar-refractivity contribution in [1.82, 2.24) is 15.1 Å². The molecule has 3 rings (SSSR count). The van der Waals surface area contributed by atoms with Crippen LogP contribution in [0.4, 0.5) is 0 Å². The first kappa shape index (κ1) is 15.5. The van der Waals surface area contributed by atoms with E-state index in [4.69, 9.17) is 0 Å². The molecule has 118 valence electrons. The maximum Gasteiger partial charge on any atom is 0.220 e. The average Bonchev–Trinajstić information content (AvgIpc) is 3.26. The number of nitrogens with one attached hydrogen (secondary N) is 1. The molecule has 0 fully saturated rings. The van der Waals surface area contributed by atoms with Gasteiger partial charge in [0.2, 0.25) is 5.91 Å². The number of hydrogen-bond acceptors (Lipinski definition) is 3.